The molecule has 0 spiro atoms. The molecule has 29 heavy (non-hydrogen) atoms. The van der Waals surface area contributed by atoms with Gasteiger partial charge in [-0.15, -0.1) is 10.2 Å². The third-order valence-corrected chi connectivity index (χ3v) is 4.17. The van der Waals surface area contributed by atoms with Crippen LogP contribution in [0, 0.1) is 0 Å². The van der Waals surface area contributed by atoms with Crippen molar-refractivity contribution >= 4 is 11.8 Å². The molecule has 0 aliphatic heterocycles. The maximum atomic E-state index is 12.5. The number of amides is 1. The predicted octanol–water partition coefficient (Wildman–Crippen LogP) is 3.37. The summed E-state index contributed by atoms with van der Waals surface area (Å²) in [6, 6.07) is 22.3. The van der Waals surface area contributed by atoms with Crippen LogP contribution in [0.25, 0.3) is 17.1 Å². The van der Waals surface area contributed by atoms with Gasteiger partial charge in [0.1, 0.15) is 12.3 Å². The summed E-state index contributed by atoms with van der Waals surface area (Å²) in [4.78, 5) is 24.5. The Kier molecular flexibility index (Phi) is 5.15. The molecule has 0 aliphatic rings. The number of carbonyl (C=O) groups excluding carboxylic acids is 1. The zero-order valence-electron chi connectivity index (χ0n) is 15.3. The van der Waals surface area contributed by atoms with E-state index in [4.69, 9.17) is 4.74 Å². The van der Waals surface area contributed by atoms with Gasteiger partial charge in [-0.25, -0.2) is 4.79 Å². The molecule has 0 aliphatic carbocycles. The number of anilines is 1. The zero-order valence-corrected chi connectivity index (χ0v) is 15.3. The van der Waals surface area contributed by atoms with Gasteiger partial charge in [0.25, 0.3) is 5.56 Å². The number of carbonyl (C=O) groups is 1. The number of aromatic amines is 1. The van der Waals surface area contributed by atoms with Crippen molar-refractivity contribution in [3.8, 4) is 17.1 Å². The first-order chi connectivity index (χ1) is 14.2. The van der Waals surface area contributed by atoms with Gasteiger partial charge in [0.2, 0.25) is 0 Å². The number of H-pyrrole nitrogens is 1. The second kappa shape index (κ2) is 8.22. The van der Waals surface area contributed by atoms with E-state index >= 15 is 0 Å². The Morgan fingerprint density at radius 3 is 2.38 bits per heavy atom. The maximum Gasteiger partial charge on any atom is 0.412 e. The Hall–Kier alpha value is -4.20. The van der Waals surface area contributed by atoms with Crippen LogP contribution in [0.4, 0.5) is 10.5 Å². The highest BCUT2D eigenvalue weighted by molar-refractivity contribution is 5.84. The van der Waals surface area contributed by atoms with Crippen LogP contribution < -0.4 is 10.9 Å². The van der Waals surface area contributed by atoms with E-state index in [1.54, 1.807) is 12.1 Å². The number of nitrogens with zero attached hydrogens (tertiary/aromatic N) is 3. The van der Waals surface area contributed by atoms with Gasteiger partial charge in [-0.3, -0.25) is 15.2 Å². The molecule has 0 bridgehead atoms. The Labute approximate surface area is 165 Å². The van der Waals surface area contributed by atoms with Crippen LogP contribution in [-0.4, -0.2) is 26.1 Å². The minimum atomic E-state index is -0.720. The van der Waals surface area contributed by atoms with Gasteiger partial charge in [-0.05, 0) is 17.7 Å². The number of hydrogen-bond donors (Lipinski definition) is 2. The van der Waals surface area contributed by atoms with Crippen molar-refractivity contribution in [1.29, 1.82) is 0 Å². The van der Waals surface area contributed by atoms with Crippen molar-refractivity contribution in [3.05, 3.63) is 94.9 Å². The molecule has 0 atom stereocenters. The monoisotopic (exact) mass is 387 g/mol. The van der Waals surface area contributed by atoms with E-state index in [9.17, 15) is 9.59 Å². The number of hydrogen-bond acceptors (Lipinski definition) is 5. The lowest BCUT2D eigenvalue weighted by molar-refractivity contribution is 0.155. The molecule has 2 heterocycles. The summed E-state index contributed by atoms with van der Waals surface area (Å²) in [5.74, 6) is 0.306. The van der Waals surface area contributed by atoms with Crippen molar-refractivity contribution in [2.24, 2.45) is 0 Å². The lowest BCUT2D eigenvalue weighted by Crippen LogP contribution is -2.22. The third kappa shape index (κ3) is 4.22. The van der Waals surface area contributed by atoms with Crippen molar-refractivity contribution in [3.63, 3.8) is 0 Å². The fraction of sp³-hybridized carbons (Fsp3) is 0.0476. The second-order valence-electron chi connectivity index (χ2n) is 6.16. The van der Waals surface area contributed by atoms with E-state index in [-0.39, 0.29) is 12.3 Å². The molecule has 1 amide bonds. The highest BCUT2D eigenvalue weighted by atomic mass is 16.5. The van der Waals surface area contributed by atoms with Crippen molar-refractivity contribution in [1.82, 2.24) is 20.0 Å². The van der Waals surface area contributed by atoms with Gasteiger partial charge in [-0.1, -0.05) is 60.7 Å². The van der Waals surface area contributed by atoms with E-state index in [1.807, 2.05) is 60.7 Å². The standard InChI is InChI=1S/C21H17N5O3/c27-20-18(23-21(28)29-14-15-7-3-1-4-8-15)13-22-26(20)19-12-11-17(24-25-19)16-9-5-2-6-10-16/h1-13,22H,14H2,(H,23,28). The molecule has 0 saturated heterocycles. The Balaban J connectivity index is 1.44. The fourth-order valence-electron chi connectivity index (χ4n) is 2.71. The number of benzene rings is 2. The second-order valence-corrected chi connectivity index (χ2v) is 6.16. The summed E-state index contributed by atoms with van der Waals surface area (Å²) in [7, 11) is 0. The minimum Gasteiger partial charge on any atom is -0.444 e. The molecule has 0 saturated carbocycles. The predicted molar refractivity (Wildman–Crippen MR) is 108 cm³/mol. The highest BCUT2D eigenvalue weighted by Crippen LogP contribution is 2.15. The van der Waals surface area contributed by atoms with E-state index in [0.29, 0.717) is 11.5 Å². The van der Waals surface area contributed by atoms with E-state index < -0.39 is 11.7 Å². The fourth-order valence-corrected chi connectivity index (χ4v) is 2.71. The van der Waals surface area contributed by atoms with Gasteiger partial charge in [0.05, 0.1) is 5.69 Å². The van der Waals surface area contributed by atoms with Crippen molar-refractivity contribution in [2.75, 3.05) is 5.32 Å². The molecule has 2 aromatic carbocycles. The van der Waals surface area contributed by atoms with Crippen LogP contribution in [0.3, 0.4) is 0 Å². The molecule has 0 unspecified atom stereocenters. The molecular formula is C21H17N5O3. The van der Waals surface area contributed by atoms with Gasteiger partial charge in [0, 0.05) is 11.8 Å². The maximum absolute atomic E-state index is 12.5. The first-order valence-corrected chi connectivity index (χ1v) is 8.88. The largest absolute Gasteiger partial charge is 0.444 e. The number of rotatable bonds is 5. The third-order valence-electron chi connectivity index (χ3n) is 4.17. The van der Waals surface area contributed by atoms with Gasteiger partial charge >= 0.3 is 6.09 Å². The average Bonchev–Trinajstić information content (AvgIpc) is 3.14. The first kappa shape index (κ1) is 18.2. The summed E-state index contributed by atoms with van der Waals surface area (Å²) < 4.78 is 6.32. The molecule has 2 aromatic heterocycles. The first-order valence-electron chi connectivity index (χ1n) is 8.88. The SMILES string of the molecule is O=C(Nc1c[nH]n(-c2ccc(-c3ccccc3)nn2)c1=O)OCc1ccccc1. The van der Waals surface area contributed by atoms with Crippen LogP contribution in [0.15, 0.2) is 83.8 Å². The molecule has 8 nitrogen and oxygen atoms in total. The quantitative estimate of drug-likeness (QED) is 0.547. The van der Waals surface area contributed by atoms with Crippen LogP contribution in [0.2, 0.25) is 0 Å². The van der Waals surface area contributed by atoms with Gasteiger partial charge in [0.15, 0.2) is 5.82 Å². The molecule has 4 aromatic rings. The van der Waals surface area contributed by atoms with Crippen LogP contribution in [0.5, 0.6) is 0 Å². The summed E-state index contributed by atoms with van der Waals surface area (Å²) in [5.41, 5.74) is 2.05. The summed E-state index contributed by atoms with van der Waals surface area (Å²) >= 11 is 0. The van der Waals surface area contributed by atoms with Crippen molar-refractivity contribution < 1.29 is 9.53 Å². The van der Waals surface area contributed by atoms with E-state index in [0.717, 1.165) is 11.1 Å². The zero-order chi connectivity index (χ0) is 20.1. The smallest absolute Gasteiger partial charge is 0.412 e. The Bertz CT molecular complexity index is 1150. The lowest BCUT2D eigenvalue weighted by atomic mass is 10.1. The lowest BCUT2D eigenvalue weighted by Gasteiger charge is -2.05. The van der Waals surface area contributed by atoms with Crippen LogP contribution in [-0.2, 0) is 11.3 Å². The molecule has 144 valence electrons. The molecule has 8 heteroatoms. The molecular weight excluding hydrogens is 370 g/mol. The van der Waals surface area contributed by atoms with E-state index in [1.165, 1.54) is 10.9 Å². The minimum absolute atomic E-state index is 0.0528. The molecule has 0 fully saturated rings. The number of nitrogens with one attached hydrogen (secondary N) is 2. The summed E-state index contributed by atoms with van der Waals surface area (Å²) in [6.07, 6.45) is 0.654. The Morgan fingerprint density at radius 1 is 0.966 bits per heavy atom. The average molecular weight is 387 g/mol. The van der Waals surface area contributed by atoms with Gasteiger partial charge in [-0.2, -0.15) is 4.68 Å². The molecule has 4 rings (SSSR count). The van der Waals surface area contributed by atoms with Crippen molar-refractivity contribution in [2.45, 2.75) is 6.61 Å². The summed E-state index contributed by atoms with van der Waals surface area (Å²) in [5, 5.41) is 13.4. The Morgan fingerprint density at radius 2 is 1.69 bits per heavy atom. The number of ether oxygens (including phenoxy) is 1. The highest BCUT2D eigenvalue weighted by Gasteiger charge is 2.13. The van der Waals surface area contributed by atoms with Crippen LogP contribution >= 0.6 is 0 Å². The van der Waals surface area contributed by atoms with Crippen LogP contribution in [0.1, 0.15) is 5.56 Å². The van der Waals surface area contributed by atoms with Gasteiger partial charge < -0.3 is 4.74 Å². The van der Waals surface area contributed by atoms with E-state index in [2.05, 4.69) is 20.6 Å². The molecule has 2 N–H and O–H groups in total. The molecule has 0 radical (unpaired) electrons. The summed E-state index contributed by atoms with van der Waals surface area (Å²) in [6.45, 7) is 0.109. The topological polar surface area (TPSA) is 102 Å². The number of aromatic nitrogens is 4. The normalized spacial score (nSPS) is 10.5.